The number of aryl methyl sites for hydroxylation is 1. The van der Waals surface area contributed by atoms with Crippen LogP contribution in [0.4, 0.5) is 10.6 Å². The van der Waals surface area contributed by atoms with Crippen molar-refractivity contribution in [3.05, 3.63) is 47.7 Å². The number of β-amino-alcohol motifs (C(OH)–C–C–N with tert-alkyl or cyclic N) is 1. The number of urea groups is 1. The third-order valence-corrected chi connectivity index (χ3v) is 4.50. The molecule has 3 rings (SSSR count). The Morgan fingerprint density at radius 2 is 2.12 bits per heavy atom. The Bertz CT molecular complexity index is 698. The second-order valence-electron chi connectivity index (χ2n) is 6.40. The van der Waals surface area contributed by atoms with Gasteiger partial charge in [0.2, 0.25) is 0 Å². The van der Waals surface area contributed by atoms with Crippen LogP contribution in [-0.4, -0.2) is 45.0 Å². The summed E-state index contributed by atoms with van der Waals surface area (Å²) in [6, 6.07) is 10.0. The highest BCUT2D eigenvalue weighted by atomic mass is 16.3. The predicted molar refractivity (Wildman–Crippen MR) is 93.1 cm³/mol. The highest BCUT2D eigenvalue weighted by Crippen LogP contribution is 2.21. The van der Waals surface area contributed by atoms with E-state index in [0.717, 1.165) is 24.0 Å². The van der Waals surface area contributed by atoms with Crippen LogP contribution in [0, 0.1) is 6.92 Å². The van der Waals surface area contributed by atoms with Gasteiger partial charge in [0.15, 0.2) is 5.82 Å². The average molecular weight is 328 g/mol. The summed E-state index contributed by atoms with van der Waals surface area (Å²) in [7, 11) is 0. The molecule has 0 bridgehead atoms. The molecule has 2 amide bonds. The lowest BCUT2D eigenvalue weighted by molar-refractivity contribution is 0.0883. The summed E-state index contributed by atoms with van der Waals surface area (Å²) < 4.78 is 1.87. The monoisotopic (exact) mass is 328 g/mol. The first-order valence-electron chi connectivity index (χ1n) is 8.39. The van der Waals surface area contributed by atoms with Gasteiger partial charge in [0.05, 0.1) is 12.1 Å². The number of aliphatic hydroxyl groups excluding tert-OH is 1. The lowest BCUT2D eigenvalue weighted by atomic mass is 10.1. The second kappa shape index (κ2) is 7.05. The predicted octanol–water partition coefficient (Wildman–Crippen LogP) is 2.79. The van der Waals surface area contributed by atoms with Gasteiger partial charge < -0.3 is 10.0 Å². The number of aromatic nitrogens is 2. The van der Waals surface area contributed by atoms with Crippen LogP contribution < -0.4 is 5.32 Å². The smallest absolute Gasteiger partial charge is 0.323 e. The lowest BCUT2D eigenvalue weighted by Gasteiger charge is -2.29. The molecular weight excluding hydrogens is 304 g/mol. The molecule has 2 N–H and O–H groups in total. The van der Waals surface area contributed by atoms with Gasteiger partial charge in [-0.3, -0.25) is 10.00 Å². The highest BCUT2D eigenvalue weighted by Gasteiger charge is 2.23. The summed E-state index contributed by atoms with van der Waals surface area (Å²) in [4.78, 5) is 14.0. The van der Waals surface area contributed by atoms with E-state index in [4.69, 9.17) is 0 Å². The number of carbonyl (C=O) groups excluding carboxylic acids is 1. The van der Waals surface area contributed by atoms with Crippen LogP contribution in [-0.2, 0) is 0 Å². The van der Waals surface area contributed by atoms with E-state index in [0.29, 0.717) is 18.9 Å². The maximum atomic E-state index is 12.4. The van der Waals surface area contributed by atoms with Gasteiger partial charge >= 0.3 is 6.03 Å². The largest absolute Gasteiger partial charge is 0.391 e. The van der Waals surface area contributed by atoms with Crippen LogP contribution in [0.3, 0.4) is 0 Å². The Morgan fingerprint density at radius 3 is 2.83 bits per heavy atom. The van der Waals surface area contributed by atoms with Gasteiger partial charge in [-0.05, 0) is 32.3 Å². The van der Waals surface area contributed by atoms with E-state index in [1.807, 2.05) is 36.0 Å². The molecule has 1 fully saturated rings. The van der Waals surface area contributed by atoms with E-state index in [2.05, 4.69) is 29.5 Å². The van der Waals surface area contributed by atoms with Crippen LogP contribution >= 0.6 is 0 Å². The number of hydrogen-bond donors (Lipinski definition) is 2. The molecule has 24 heavy (non-hydrogen) atoms. The first-order chi connectivity index (χ1) is 11.5. The zero-order valence-electron chi connectivity index (χ0n) is 14.1. The number of amides is 2. The molecule has 1 aromatic carbocycles. The SMILES string of the molecule is Cc1cn(C(C)c2ccccc2)nc1NC(=O)N1CCCC(O)C1. The Labute approximate surface area is 142 Å². The van der Waals surface area contributed by atoms with Crippen molar-refractivity contribution < 1.29 is 9.90 Å². The average Bonchev–Trinajstić information content (AvgIpc) is 2.95. The van der Waals surface area contributed by atoms with Crippen LogP contribution in [0.15, 0.2) is 36.5 Å². The maximum Gasteiger partial charge on any atom is 0.323 e. The fourth-order valence-electron chi connectivity index (χ4n) is 3.01. The number of nitrogens with zero attached hydrogens (tertiary/aromatic N) is 3. The van der Waals surface area contributed by atoms with Crippen molar-refractivity contribution >= 4 is 11.8 Å². The van der Waals surface area contributed by atoms with Crippen LogP contribution in [0.25, 0.3) is 0 Å². The number of piperidine rings is 1. The normalized spacial score (nSPS) is 19.1. The van der Waals surface area contributed by atoms with Crippen molar-refractivity contribution in [2.24, 2.45) is 0 Å². The molecule has 6 nitrogen and oxygen atoms in total. The van der Waals surface area contributed by atoms with Crippen molar-refractivity contribution in [1.82, 2.24) is 14.7 Å². The summed E-state index contributed by atoms with van der Waals surface area (Å²) in [5, 5.41) is 17.1. The van der Waals surface area contributed by atoms with Gasteiger partial charge in [-0.15, -0.1) is 0 Å². The molecule has 0 spiro atoms. The van der Waals surface area contributed by atoms with Gasteiger partial charge in [-0.2, -0.15) is 5.10 Å². The topological polar surface area (TPSA) is 70.4 Å². The molecule has 2 atom stereocenters. The van der Waals surface area contributed by atoms with E-state index in [1.54, 1.807) is 4.90 Å². The number of carbonyl (C=O) groups is 1. The lowest BCUT2D eigenvalue weighted by Crippen LogP contribution is -2.44. The Balaban J connectivity index is 1.71. The minimum Gasteiger partial charge on any atom is -0.391 e. The molecule has 0 radical (unpaired) electrons. The second-order valence-corrected chi connectivity index (χ2v) is 6.40. The molecular formula is C18H24N4O2. The number of aliphatic hydroxyl groups is 1. The first kappa shape index (κ1) is 16.5. The van der Waals surface area contributed by atoms with E-state index in [9.17, 15) is 9.90 Å². The molecule has 1 aromatic heterocycles. The first-order valence-corrected chi connectivity index (χ1v) is 8.39. The molecule has 0 aliphatic carbocycles. The number of nitrogens with one attached hydrogen (secondary N) is 1. The van der Waals surface area contributed by atoms with Crippen molar-refractivity contribution in [3.63, 3.8) is 0 Å². The van der Waals surface area contributed by atoms with Crippen LogP contribution in [0.1, 0.15) is 36.9 Å². The summed E-state index contributed by atoms with van der Waals surface area (Å²) in [5.74, 6) is 0.572. The Morgan fingerprint density at radius 1 is 1.38 bits per heavy atom. The third kappa shape index (κ3) is 3.59. The molecule has 1 aliphatic heterocycles. The molecule has 2 unspecified atom stereocenters. The summed E-state index contributed by atoms with van der Waals surface area (Å²) >= 11 is 0. The number of rotatable bonds is 3. The molecule has 1 aliphatic rings. The number of benzene rings is 1. The van der Waals surface area contributed by atoms with Crippen molar-refractivity contribution in [3.8, 4) is 0 Å². The Kier molecular flexibility index (Phi) is 4.85. The molecule has 1 saturated heterocycles. The van der Waals surface area contributed by atoms with Gasteiger partial charge in [-0.1, -0.05) is 30.3 Å². The summed E-state index contributed by atoms with van der Waals surface area (Å²) in [5.41, 5.74) is 2.08. The molecule has 6 heteroatoms. The maximum absolute atomic E-state index is 12.4. The standard InChI is InChI=1S/C18H24N4O2/c1-13-11-22(14(2)15-7-4-3-5-8-15)20-17(13)19-18(24)21-10-6-9-16(23)12-21/h3-5,7-8,11,14,16,23H,6,9-10,12H2,1-2H3,(H,19,20,24). The van der Waals surface area contributed by atoms with Gasteiger partial charge in [0.25, 0.3) is 0 Å². The number of likely N-dealkylation sites (tertiary alicyclic amines) is 1. The van der Waals surface area contributed by atoms with E-state index >= 15 is 0 Å². The Hall–Kier alpha value is -2.34. The van der Waals surface area contributed by atoms with Gasteiger partial charge in [0.1, 0.15) is 0 Å². The van der Waals surface area contributed by atoms with Crippen molar-refractivity contribution in [2.45, 2.75) is 38.8 Å². The van der Waals surface area contributed by atoms with Crippen LogP contribution in [0.2, 0.25) is 0 Å². The molecule has 0 saturated carbocycles. The summed E-state index contributed by atoms with van der Waals surface area (Å²) in [6.07, 6.45) is 3.10. The van der Waals surface area contributed by atoms with Crippen LogP contribution in [0.5, 0.6) is 0 Å². The minimum atomic E-state index is -0.429. The number of hydrogen-bond acceptors (Lipinski definition) is 3. The van der Waals surface area contributed by atoms with Gasteiger partial charge in [-0.25, -0.2) is 4.79 Å². The van der Waals surface area contributed by atoms with Crippen molar-refractivity contribution in [2.75, 3.05) is 18.4 Å². The van der Waals surface area contributed by atoms with E-state index in [-0.39, 0.29) is 12.1 Å². The molecule has 2 aromatic rings. The zero-order chi connectivity index (χ0) is 17.1. The quantitative estimate of drug-likeness (QED) is 0.910. The zero-order valence-corrected chi connectivity index (χ0v) is 14.1. The highest BCUT2D eigenvalue weighted by molar-refractivity contribution is 5.89. The van der Waals surface area contributed by atoms with E-state index in [1.165, 1.54) is 0 Å². The molecule has 128 valence electrons. The fourth-order valence-corrected chi connectivity index (χ4v) is 3.01. The minimum absolute atomic E-state index is 0.0901. The van der Waals surface area contributed by atoms with Gasteiger partial charge in [0, 0.05) is 24.8 Å². The number of anilines is 1. The van der Waals surface area contributed by atoms with E-state index < -0.39 is 6.10 Å². The third-order valence-electron chi connectivity index (χ3n) is 4.50. The molecule has 2 heterocycles. The fraction of sp³-hybridized carbons (Fsp3) is 0.444. The summed E-state index contributed by atoms with van der Waals surface area (Å²) in [6.45, 7) is 5.06. The van der Waals surface area contributed by atoms with Crippen molar-refractivity contribution in [1.29, 1.82) is 0 Å².